The van der Waals surface area contributed by atoms with Gasteiger partial charge in [-0.3, -0.25) is 4.79 Å². The van der Waals surface area contributed by atoms with E-state index in [0.717, 1.165) is 11.3 Å². The maximum atomic E-state index is 12.6. The van der Waals surface area contributed by atoms with Crippen molar-refractivity contribution in [2.75, 3.05) is 11.9 Å². The summed E-state index contributed by atoms with van der Waals surface area (Å²) in [5.41, 5.74) is 2.19. The van der Waals surface area contributed by atoms with E-state index in [2.05, 4.69) is 0 Å². The Labute approximate surface area is 122 Å². The van der Waals surface area contributed by atoms with Gasteiger partial charge in [0.25, 0.3) is 5.91 Å². The number of carbonyl (C=O) groups is 2. The average Bonchev–Trinajstić information content (AvgIpc) is 2.70. The zero-order chi connectivity index (χ0) is 15.7. The van der Waals surface area contributed by atoms with Crippen LogP contribution in [-0.2, 0) is 0 Å². The normalized spacial score (nSPS) is 10.5. The zero-order valence-corrected chi connectivity index (χ0v) is 12.4. The molecule has 0 bridgehead atoms. The van der Waals surface area contributed by atoms with Crippen LogP contribution in [0.5, 0.6) is 0 Å². The lowest BCUT2D eigenvalue weighted by Crippen LogP contribution is -2.27. The quantitative estimate of drug-likeness (QED) is 0.941. The van der Waals surface area contributed by atoms with Crippen LogP contribution >= 0.6 is 0 Å². The van der Waals surface area contributed by atoms with Crippen LogP contribution in [0.4, 0.5) is 5.69 Å². The van der Waals surface area contributed by atoms with Gasteiger partial charge in [-0.2, -0.15) is 0 Å². The number of amides is 1. The number of rotatable bonds is 3. The van der Waals surface area contributed by atoms with Crippen LogP contribution in [0.3, 0.4) is 0 Å². The largest absolute Gasteiger partial charge is 0.478 e. The van der Waals surface area contributed by atoms with Crippen molar-refractivity contribution in [3.63, 3.8) is 0 Å². The molecule has 1 aromatic heterocycles. The number of aromatic carboxylic acids is 1. The molecule has 0 unspecified atom stereocenters. The summed E-state index contributed by atoms with van der Waals surface area (Å²) in [7, 11) is 1.65. The highest BCUT2D eigenvalue weighted by Gasteiger charge is 2.22. The highest BCUT2D eigenvalue weighted by molar-refractivity contribution is 6.07. The number of anilines is 1. The molecule has 2 rings (SSSR count). The van der Waals surface area contributed by atoms with Crippen LogP contribution in [-0.4, -0.2) is 24.0 Å². The molecule has 0 saturated heterocycles. The number of hydrogen-bond acceptors (Lipinski definition) is 3. The van der Waals surface area contributed by atoms with Crippen molar-refractivity contribution in [2.45, 2.75) is 20.8 Å². The van der Waals surface area contributed by atoms with Gasteiger partial charge in [0.05, 0.1) is 11.1 Å². The molecule has 1 heterocycles. The highest BCUT2D eigenvalue weighted by atomic mass is 16.4. The van der Waals surface area contributed by atoms with E-state index in [1.54, 1.807) is 26.1 Å². The van der Waals surface area contributed by atoms with Crippen LogP contribution in [0.25, 0.3) is 0 Å². The predicted octanol–water partition coefficient (Wildman–Crippen LogP) is 3.18. The molecule has 5 heteroatoms. The number of nitrogens with zero attached hydrogens (tertiary/aromatic N) is 1. The van der Waals surface area contributed by atoms with Crippen molar-refractivity contribution in [1.82, 2.24) is 0 Å². The molecular formula is C16H17NO4. The molecule has 0 aliphatic carbocycles. The van der Waals surface area contributed by atoms with E-state index in [4.69, 9.17) is 9.52 Å². The summed E-state index contributed by atoms with van der Waals surface area (Å²) in [5, 5.41) is 8.88. The molecule has 0 radical (unpaired) electrons. The van der Waals surface area contributed by atoms with Gasteiger partial charge in [-0.1, -0.05) is 0 Å². The van der Waals surface area contributed by atoms with Gasteiger partial charge in [0.2, 0.25) is 0 Å². The first-order chi connectivity index (χ1) is 9.82. The fourth-order valence-corrected chi connectivity index (χ4v) is 2.22. The van der Waals surface area contributed by atoms with E-state index in [1.807, 2.05) is 13.8 Å². The summed E-state index contributed by atoms with van der Waals surface area (Å²) in [5.74, 6) is 0.145. The van der Waals surface area contributed by atoms with Crippen LogP contribution in [0.1, 0.15) is 37.8 Å². The summed E-state index contributed by atoms with van der Waals surface area (Å²) in [6, 6.07) is 6.17. The van der Waals surface area contributed by atoms with Crippen LogP contribution in [0.2, 0.25) is 0 Å². The van der Waals surface area contributed by atoms with Crippen LogP contribution < -0.4 is 4.90 Å². The predicted molar refractivity (Wildman–Crippen MR) is 79.1 cm³/mol. The number of hydrogen-bond donors (Lipinski definition) is 1. The number of benzene rings is 1. The van der Waals surface area contributed by atoms with Gasteiger partial charge in [-0.25, -0.2) is 4.79 Å². The van der Waals surface area contributed by atoms with Crippen molar-refractivity contribution in [3.05, 3.63) is 52.5 Å². The van der Waals surface area contributed by atoms with Crippen molar-refractivity contribution in [1.29, 1.82) is 0 Å². The summed E-state index contributed by atoms with van der Waals surface area (Å²) in [6.45, 7) is 5.43. The summed E-state index contributed by atoms with van der Waals surface area (Å²) in [6.07, 6.45) is 0. The van der Waals surface area contributed by atoms with Gasteiger partial charge in [0, 0.05) is 18.3 Å². The van der Waals surface area contributed by atoms with Gasteiger partial charge >= 0.3 is 5.97 Å². The van der Waals surface area contributed by atoms with E-state index in [-0.39, 0.29) is 11.5 Å². The first-order valence-corrected chi connectivity index (χ1v) is 6.51. The molecule has 5 nitrogen and oxygen atoms in total. The first-order valence-electron chi connectivity index (χ1n) is 6.51. The second-order valence-electron chi connectivity index (χ2n) is 4.93. The Morgan fingerprint density at radius 2 is 1.62 bits per heavy atom. The molecule has 1 N–H and O–H groups in total. The van der Waals surface area contributed by atoms with Gasteiger partial charge < -0.3 is 14.4 Å². The molecule has 0 saturated carbocycles. The first kappa shape index (κ1) is 14.8. The molecule has 1 aromatic carbocycles. The third kappa shape index (κ3) is 2.67. The number of furan rings is 1. The topological polar surface area (TPSA) is 70.8 Å². The molecule has 2 aromatic rings. The van der Waals surface area contributed by atoms with E-state index in [9.17, 15) is 9.59 Å². The molecular weight excluding hydrogens is 270 g/mol. The Kier molecular flexibility index (Phi) is 3.84. The Morgan fingerprint density at radius 1 is 1.05 bits per heavy atom. The van der Waals surface area contributed by atoms with E-state index < -0.39 is 5.97 Å². The molecule has 0 atom stereocenters. The molecule has 110 valence electrons. The molecule has 0 spiro atoms. The molecule has 0 aliphatic heterocycles. The SMILES string of the molecule is Cc1oc(C)c(C(=O)N(C)c2ccc(C(=O)O)cc2)c1C. The maximum Gasteiger partial charge on any atom is 0.335 e. The number of carboxylic acids is 1. The summed E-state index contributed by atoms with van der Waals surface area (Å²) < 4.78 is 5.48. The lowest BCUT2D eigenvalue weighted by Gasteiger charge is -2.17. The van der Waals surface area contributed by atoms with Crippen molar-refractivity contribution >= 4 is 17.6 Å². The molecule has 1 amide bonds. The highest BCUT2D eigenvalue weighted by Crippen LogP contribution is 2.24. The Balaban J connectivity index is 2.33. The third-order valence-corrected chi connectivity index (χ3v) is 3.58. The third-order valence-electron chi connectivity index (χ3n) is 3.58. The van der Waals surface area contributed by atoms with Crippen molar-refractivity contribution < 1.29 is 19.1 Å². The minimum atomic E-state index is -0.993. The zero-order valence-electron chi connectivity index (χ0n) is 12.4. The number of carbonyl (C=O) groups excluding carboxylic acids is 1. The lowest BCUT2D eigenvalue weighted by molar-refractivity contribution is 0.0696. The monoisotopic (exact) mass is 287 g/mol. The average molecular weight is 287 g/mol. The fraction of sp³-hybridized carbons (Fsp3) is 0.250. The fourth-order valence-electron chi connectivity index (χ4n) is 2.22. The van der Waals surface area contributed by atoms with Crippen LogP contribution in [0, 0.1) is 20.8 Å². The Bertz CT molecular complexity index is 698. The molecule has 21 heavy (non-hydrogen) atoms. The second-order valence-corrected chi connectivity index (χ2v) is 4.93. The smallest absolute Gasteiger partial charge is 0.335 e. The van der Waals surface area contributed by atoms with E-state index >= 15 is 0 Å². The van der Waals surface area contributed by atoms with Gasteiger partial charge in [-0.15, -0.1) is 0 Å². The van der Waals surface area contributed by atoms with E-state index in [1.165, 1.54) is 17.0 Å². The second kappa shape index (κ2) is 5.44. The summed E-state index contributed by atoms with van der Waals surface area (Å²) in [4.78, 5) is 24.9. The minimum Gasteiger partial charge on any atom is -0.478 e. The maximum absolute atomic E-state index is 12.6. The van der Waals surface area contributed by atoms with Gasteiger partial charge in [-0.05, 0) is 45.0 Å². The minimum absolute atomic E-state index is 0.176. The molecule has 0 aliphatic rings. The van der Waals surface area contributed by atoms with Crippen LogP contribution in [0.15, 0.2) is 28.7 Å². The van der Waals surface area contributed by atoms with Crippen molar-refractivity contribution in [3.8, 4) is 0 Å². The summed E-state index contributed by atoms with van der Waals surface area (Å²) >= 11 is 0. The lowest BCUT2D eigenvalue weighted by atomic mass is 10.1. The molecule has 0 fully saturated rings. The van der Waals surface area contributed by atoms with Crippen molar-refractivity contribution in [2.24, 2.45) is 0 Å². The Hall–Kier alpha value is -2.56. The van der Waals surface area contributed by atoms with E-state index in [0.29, 0.717) is 17.0 Å². The van der Waals surface area contributed by atoms with Gasteiger partial charge in [0.15, 0.2) is 0 Å². The number of carboxylic acid groups (broad SMARTS) is 1. The number of aryl methyl sites for hydroxylation is 2. The Morgan fingerprint density at radius 3 is 2.05 bits per heavy atom. The van der Waals surface area contributed by atoms with Gasteiger partial charge in [0.1, 0.15) is 11.5 Å². The standard InChI is InChI=1S/C16H17NO4/c1-9-10(2)21-11(3)14(9)15(18)17(4)13-7-5-12(6-8-13)16(19)20/h5-8H,1-4H3,(H,19,20).